The second kappa shape index (κ2) is 6.02. The molecule has 110 valence electrons. The molecule has 0 atom stereocenters. The highest BCUT2D eigenvalue weighted by Crippen LogP contribution is 2.18. The predicted octanol–water partition coefficient (Wildman–Crippen LogP) is 2.81. The number of non-ortho nitro benzene ring substituents is 1. The summed E-state index contributed by atoms with van der Waals surface area (Å²) in [4.78, 5) is 10.2. The predicted molar refractivity (Wildman–Crippen MR) is 76.3 cm³/mol. The quantitative estimate of drug-likeness (QED) is 0.481. The van der Waals surface area contributed by atoms with E-state index in [4.69, 9.17) is 4.18 Å². The number of nitro groups is 1. The molecule has 2 aromatic rings. The molecule has 0 N–H and O–H groups in total. The van der Waals surface area contributed by atoms with Gasteiger partial charge >= 0.3 is 0 Å². The molecule has 0 aliphatic heterocycles. The minimum Gasteiger partial charge on any atom is -0.262 e. The first kappa shape index (κ1) is 15.1. The monoisotopic (exact) mass is 307 g/mol. The Morgan fingerprint density at radius 1 is 1.14 bits per heavy atom. The Hall–Kier alpha value is -2.25. The topological polar surface area (TPSA) is 86.5 Å². The van der Waals surface area contributed by atoms with Crippen LogP contribution >= 0.6 is 0 Å². The first-order chi connectivity index (χ1) is 9.88. The summed E-state index contributed by atoms with van der Waals surface area (Å²) in [6.45, 7) is 1.60. The fourth-order valence-electron chi connectivity index (χ4n) is 1.68. The zero-order valence-electron chi connectivity index (χ0n) is 11.2. The Morgan fingerprint density at radius 3 is 2.43 bits per heavy atom. The number of hydrogen-bond donors (Lipinski definition) is 0. The number of benzene rings is 2. The second-order valence-corrected chi connectivity index (χ2v) is 6.07. The maximum atomic E-state index is 12.0. The molecule has 0 radical (unpaired) electrons. The van der Waals surface area contributed by atoms with Crippen LogP contribution < -0.4 is 0 Å². The van der Waals surface area contributed by atoms with Gasteiger partial charge in [0.05, 0.1) is 16.4 Å². The van der Waals surface area contributed by atoms with E-state index >= 15 is 0 Å². The third-order valence-corrected chi connectivity index (χ3v) is 4.09. The van der Waals surface area contributed by atoms with E-state index in [1.165, 1.54) is 30.3 Å². The van der Waals surface area contributed by atoms with Gasteiger partial charge in [0.2, 0.25) is 0 Å². The largest absolute Gasteiger partial charge is 0.297 e. The summed E-state index contributed by atoms with van der Waals surface area (Å²) in [5.41, 5.74) is 1.25. The van der Waals surface area contributed by atoms with Crippen LogP contribution in [0.4, 0.5) is 5.69 Å². The third kappa shape index (κ3) is 3.87. The van der Waals surface area contributed by atoms with Crippen LogP contribution in [0, 0.1) is 17.0 Å². The molecule has 21 heavy (non-hydrogen) atoms. The fourth-order valence-corrected chi connectivity index (χ4v) is 2.58. The summed E-state index contributed by atoms with van der Waals surface area (Å²) < 4.78 is 28.9. The summed E-state index contributed by atoms with van der Waals surface area (Å²) in [6.07, 6.45) is 0. The highest BCUT2D eigenvalue weighted by molar-refractivity contribution is 7.86. The van der Waals surface area contributed by atoms with Gasteiger partial charge in [0.1, 0.15) is 0 Å². The summed E-state index contributed by atoms with van der Waals surface area (Å²) >= 11 is 0. The van der Waals surface area contributed by atoms with Crippen molar-refractivity contribution in [2.45, 2.75) is 18.4 Å². The van der Waals surface area contributed by atoms with E-state index in [9.17, 15) is 18.5 Å². The molecule has 0 heterocycles. The molecule has 0 saturated heterocycles. The highest BCUT2D eigenvalue weighted by atomic mass is 32.2. The molecule has 0 saturated carbocycles. The normalized spacial score (nSPS) is 11.3. The number of rotatable bonds is 5. The smallest absolute Gasteiger partial charge is 0.262 e. The van der Waals surface area contributed by atoms with Crippen LogP contribution in [-0.2, 0) is 20.9 Å². The maximum Gasteiger partial charge on any atom is 0.297 e. The molecule has 0 amide bonds. The van der Waals surface area contributed by atoms with Gasteiger partial charge in [-0.15, -0.1) is 0 Å². The van der Waals surface area contributed by atoms with Crippen molar-refractivity contribution in [2.24, 2.45) is 0 Å². The molecule has 2 rings (SSSR count). The highest BCUT2D eigenvalue weighted by Gasteiger charge is 2.15. The summed E-state index contributed by atoms with van der Waals surface area (Å²) in [6, 6.07) is 11.9. The lowest BCUT2D eigenvalue weighted by atomic mass is 10.2. The molecule has 7 heteroatoms. The van der Waals surface area contributed by atoms with E-state index in [2.05, 4.69) is 0 Å². The first-order valence-corrected chi connectivity index (χ1v) is 7.49. The van der Waals surface area contributed by atoms with Crippen LogP contribution in [0.1, 0.15) is 11.1 Å². The lowest BCUT2D eigenvalue weighted by molar-refractivity contribution is -0.384. The Labute approximate surface area is 122 Å². The lowest BCUT2D eigenvalue weighted by Crippen LogP contribution is -2.06. The van der Waals surface area contributed by atoms with Crippen molar-refractivity contribution in [2.75, 3.05) is 0 Å². The Kier molecular flexibility index (Phi) is 4.35. The van der Waals surface area contributed by atoms with E-state index < -0.39 is 15.0 Å². The Morgan fingerprint density at radius 2 is 1.81 bits per heavy atom. The summed E-state index contributed by atoms with van der Waals surface area (Å²) in [7, 11) is -3.88. The average Bonchev–Trinajstić information content (AvgIpc) is 2.46. The van der Waals surface area contributed by atoms with Crippen molar-refractivity contribution in [3.63, 3.8) is 0 Å². The van der Waals surface area contributed by atoms with Gasteiger partial charge in [0.25, 0.3) is 15.8 Å². The van der Waals surface area contributed by atoms with E-state index in [0.29, 0.717) is 5.56 Å². The van der Waals surface area contributed by atoms with Gasteiger partial charge in [-0.05, 0) is 24.6 Å². The Balaban J connectivity index is 2.13. The minimum absolute atomic E-state index is 0.0542. The first-order valence-electron chi connectivity index (χ1n) is 6.08. The van der Waals surface area contributed by atoms with Crippen molar-refractivity contribution in [1.29, 1.82) is 0 Å². The molecule has 0 spiro atoms. The number of nitro benzene ring substituents is 1. The SMILES string of the molecule is Cc1ccc(S(=O)(=O)OCc2cccc([N+](=O)[O-])c2)cc1. The molecule has 0 unspecified atom stereocenters. The van der Waals surface area contributed by atoms with Crippen molar-refractivity contribution in [3.8, 4) is 0 Å². The van der Waals surface area contributed by atoms with Gasteiger partial charge in [-0.25, -0.2) is 0 Å². The molecular formula is C14H13NO5S. The van der Waals surface area contributed by atoms with Crippen LogP contribution in [0.25, 0.3) is 0 Å². The van der Waals surface area contributed by atoms with Crippen LogP contribution in [0.3, 0.4) is 0 Å². The molecule has 2 aromatic carbocycles. The van der Waals surface area contributed by atoms with Crippen molar-refractivity contribution in [3.05, 3.63) is 69.8 Å². The third-order valence-electron chi connectivity index (χ3n) is 2.81. The maximum absolute atomic E-state index is 12.0. The summed E-state index contributed by atoms with van der Waals surface area (Å²) in [5, 5.41) is 10.7. The number of aryl methyl sites for hydroxylation is 1. The van der Waals surface area contributed by atoms with Crippen LogP contribution in [0.15, 0.2) is 53.4 Å². The second-order valence-electron chi connectivity index (χ2n) is 4.46. The fraction of sp³-hybridized carbons (Fsp3) is 0.143. The summed E-state index contributed by atoms with van der Waals surface area (Å²) in [5.74, 6) is 0. The van der Waals surface area contributed by atoms with Gasteiger partial charge in [0.15, 0.2) is 0 Å². The van der Waals surface area contributed by atoms with E-state index in [1.54, 1.807) is 18.2 Å². The standard InChI is InChI=1S/C14H13NO5S/c1-11-5-7-14(8-6-11)21(18,19)20-10-12-3-2-4-13(9-12)15(16)17/h2-9H,10H2,1H3. The lowest BCUT2D eigenvalue weighted by Gasteiger charge is -2.06. The molecule has 6 nitrogen and oxygen atoms in total. The molecular weight excluding hydrogens is 294 g/mol. The number of nitrogens with zero attached hydrogens (tertiary/aromatic N) is 1. The molecule has 0 aromatic heterocycles. The molecule has 0 fully saturated rings. The van der Waals surface area contributed by atoms with Gasteiger partial charge < -0.3 is 0 Å². The van der Waals surface area contributed by atoms with Crippen LogP contribution in [0.5, 0.6) is 0 Å². The molecule has 0 bridgehead atoms. The zero-order valence-corrected chi connectivity index (χ0v) is 12.0. The van der Waals surface area contributed by atoms with E-state index in [0.717, 1.165) is 5.56 Å². The van der Waals surface area contributed by atoms with Gasteiger partial charge in [-0.1, -0.05) is 29.8 Å². The minimum atomic E-state index is -3.88. The van der Waals surface area contributed by atoms with Gasteiger partial charge in [-0.3, -0.25) is 14.3 Å². The zero-order chi connectivity index (χ0) is 15.5. The van der Waals surface area contributed by atoms with Gasteiger partial charge in [-0.2, -0.15) is 8.42 Å². The van der Waals surface area contributed by atoms with E-state index in [-0.39, 0.29) is 17.2 Å². The molecule has 0 aliphatic carbocycles. The number of hydrogen-bond acceptors (Lipinski definition) is 5. The van der Waals surface area contributed by atoms with Gasteiger partial charge in [0, 0.05) is 12.1 Å². The van der Waals surface area contributed by atoms with Crippen molar-refractivity contribution in [1.82, 2.24) is 0 Å². The van der Waals surface area contributed by atoms with Crippen molar-refractivity contribution < 1.29 is 17.5 Å². The Bertz CT molecular complexity index is 753. The van der Waals surface area contributed by atoms with Crippen LogP contribution in [0.2, 0.25) is 0 Å². The van der Waals surface area contributed by atoms with Crippen molar-refractivity contribution >= 4 is 15.8 Å². The molecule has 0 aliphatic rings. The van der Waals surface area contributed by atoms with Crippen LogP contribution in [-0.4, -0.2) is 13.3 Å². The van der Waals surface area contributed by atoms with E-state index in [1.807, 2.05) is 6.92 Å². The average molecular weight is 307 g/mol.